The number of alkyl halides is 3. The Labute approximate surface area is 203 Å². The number of nitrogens with zero attached hydrogens (tertiary/aromatic N) is 4. The van der Waals surface area contributed by atoms with Crippen LogP contribution in [0.15, 0.2) is 35.4 Å². The first-order valence-corrected chi connectivity index (χ1v) is 11.8. The first-order chi connectivity index (χ1) is 17.2. The second kappa shape index (κ2) is 9.23. The third kappa shape index (κ3) is 4.45. The summed E-state index contributed by atoms with van der Waals surface area (Å²) < 4.78 is 55.4. The molecular weight excluding hydrogens is 480 g/mol. The van der Waals surface area contributed by atoms with Crippen LogP contribution in [0.4, 0.5) is 23.2 Å². The molecule has 0 saturated carbocycles. The number of likely N-dealkylation sites (tertiary alicyclic amines) is 1. The highest BCUT2D eigenvalue weighted by Gasteiger charge is 2.36. The minimum Gasteiger partial charge on any atom is -0.368 e. The van der Waals surface area contributed by atoms with Crippen molar-refractivity contribution in [1.82, 2.24) is 24.6 Å². The number of carbonyl (C=O) groups is 1. The van der Waals surface area contributed by atoms with Gasteiger partial charge in [-0.25, -0.2) is 4.98 Å². The van der Waals surface area contributed by atoms with Crippen molar-refractivity contribution in [1.29, 1.82) is 0 Å². The highest BCUT2D eigenvalue weighted by atomic mass is 19.4. The van der Waals surface area contributed by atoms with Gasteiger partial charge in [0.1, 0.15) is 11.2 Å². The summed E-state index contributed by atoms with van der Waals surface area (Å²) in [6.45, 7) is 2.77. The molecule has 3 aromatic heterocycles. The number of pyridine rings is 1. The quantitative estimate of drug-likeness (QED) is 0.420. The molecule has 1 amide bonds. The van der Waals surface area contributed by atoms with Crippen LogP contribution in [0.2, 0.25) is 0 Å². The number of piperidine rings is 1. The van der Waals surface area contributed by atoms with Crippen LogP contribution in [-0.2, 0) is 6.18 Å². The van der Waals surface area contributed by atoms with Gasteiger partial charge in [-0.05, 0) is 44.0 Å². The molecule has 2 fully saturated rings. The number of fused-ring (bicyclic) bond motifs is 1. The van der Waals surface area contributed by atoms with Crippen LogP contribution in [0.1, 0.15) is 46.9 Å². The summed E-state index contributed by atoms with van der Waals surface area (Å²) in [5, 5.41) is 2.43. The predicted octanol–water partition coefficient (Wildman–Crippen LogP) is 3.00. The van der Waals surface area contributed by atoms with Crippen molar-refractivity contribution in [2.45, 2.75) is 37.4 Å². The molecule has 0 radical (unpaired) electrons. The number of amides is 1. The molecule has 12 heteroatoms. The van der Waals surface area contributed by atoms with Crippen LogP contribution >= 0.6 is 0 Å². The first-order valence-electron chi connectivity index (χ1n) is 11.8. The van der Waals surface area contributed by atoms with Crippen LogP contribution in [0.25, 0.3) is 5.52 Å². The van der Waals surface area contributed by atoms with E-state index in [0.29, 0.717) is 31.0 Å². The first kappa shape index (κ1) is 24.3. The summed E-state index contributed by atoms with van der Waals surface area (Å²) >= 11 is 0. The molecule has 2 saturated heterocycles. The van der Waals surface area contributed by atoms with Crippen molar-refractivity contribution >= 4 is 17.1 Å². The van der Waals surface area contributed by atoms with E-state index in [1.165, 1.54) is 23.7 Å². The molecule has 1 atom stereocenters. The maximum Gasteiger partial charge on any atom is 0.418 e. The average Bonchev–Trinajstić information content (AvgIpc) is 3.51. The summed E-state index contributed by atoms with van der Waals surface area (Å²) in [5.74, 6) is -1.11. The second-order valence-corrected chi connectivity index (χ2v) is 9.31. The Hall–Kier alpha value is -3.41. The van der Waals surface area contributed by atoms with Crippen LogP contribution in [0.3, 0.4) is 0 Å². The standard InChI is InChI=1S/C24H26F4N6O2/c1-29-22(35)17-2-3-19(21(25)30-17)32-9-5-15(6-10-32)33-8-4-14(12-33)18-13-34-11-7-16(24(26,27)28)20(34)23(36)31-18/h2-3,7,11,13-15H,4-6,8-10,12H2,1H3,(H,29,35)(H,31,36). The van der Waals surface area contributed by atoms with E-state index in [4.69, 9.17) is 0 Å². The van der Waals surface area contributed by atoms with E-state index in [1.54, 1.807) is 12.3 Å². The van der Waals surface area contributed by atoms with E-state index in [1.807, 2.05) is 4.90 Å². The van der Waals surface area contributed by atoms with Gasteiger partial charge in [-0.15, -0.1) is 0 Å². The van der Waals surface area contributed by atoms with Crippen molar-refractivity contribution in [3.8, 4) is 0 Å². The summed E-state index contributed by atoms with van der Waals surface area (Å²) in [5.41, 5.74) is -1.04. The Bertz CT molecular complexity index is 1340. The van der Waals surface area contributed by atoms with Gasteiger partial charge < -0.3 is 19.6 Å². The normalized spacial score (nSPS) is 19.8. The lowest BCUT2D eigenvalue weighted by atomic mass is 10.0. The van der Waals surface area contributed by atoms with E-state index in [2.05, 4.69) is 20.2 Å². The van der Waals surface area contributed by atoms with Crippen LogP contribution in [0, 0.1) is 5.95 Å². The fourth-order valence-electron chi connectivity index (χ4n) is 5.37. The number of carbonyl (C=O) groups excluding carboxylic acids is 1. The molecule has 8 nitrogen and oxygen atoms in total. The molecule has 0 aromatic carbocycles. The van der Waals surface area contributed by atoms with E-state index < -0.39 is 34.7 Å². The summed E-state index contributed by atoms with van der Waals surface area (Å²) in [7, 11) is 1.46. The molecule has 0 bridgehead atoms. The van der Waals surface area contributed by atoms with Gasteiger partial charge in [0.25, 0.3) is 11.5 Å². The molecule has 3 aromatic rings. The Balaban J connectivity index is 1.23. The Morgan fingerprint density at radius 2 is 1.89 bits per heavy atom. The molecule has 1 unspecified atom stereocenters. The lowest BCUT2D eigenvalue weighted by Crippen LogP contribution is -2.44. The number of nitrogens with one attached hydrogen (secondary N) is 2. The van der Waals surface area contributed by atoms with Crippen LogP contribution in [-0.4, -0.2) is 64.4 Å². The highest BCUT2D eigenvalue weighted by molar-refractivity contribution is 5.92. The molecule has 2 aliphatic rings. The highest BCUT2D eigenvalue weighted by Crippen LogP contribution is 2.34. The zero-order chi connectivity index (χ0) is 25.6. The minimum absolute atomic E-state index is 0.00997. The van der Waals surface area contributed by atoms with E-state index >= 15 is 0 Å². The number of H-pyrrole nitrogens is 1. The largest absolute Gasteiger partial charge is 0.418 e. The fraction of sp³-hybridized carbons (Fsp3) is 0.458. The van der Waals surface area contributed by atoms with Gasteiger partial charge in [0, 0.05) is 56.7 Å². The average molecular weight is 507 g/mol. The number of aromatic amines is 1. The van der Waals surface area contributed by atoms with Gasteiger partial charge in [0.2, 0.25) is 5.95 Å². The van der Waals surface area contributed by atoms with Crippen molar-refractivity contribution in [2.24, 2.45) is 0 Å². The van der Waals surface area contributed by atoms with E-state index in [0.717, 1.165) is 31.9 Å². The number of hydrogen-bond acceptors (Lipinski definition) is 5. The predicted molar refractivity (Wildman–Crippen MR) is 125 cm³/mol. The maximum absolute atomic E-state index is 14.5. The zero-order valence-corrected chi connectivity index (χ0v) is 19.6. The van der Waals surface area contributed by atoms with Crippen molar-refractivity contribution in [3.63, 3.8) is 0 Å². The number of rotatable bonds is 4. The van der Waals surface area contributed by atoms with Gasteiger partial charge >= 0.3 is 6.18 Å². The lowest BCUT2D eigenvalue weighted by molar-refractivity contribution is -0.136. The topological polar surface area (TPSA) is 85.7 Å². The lowest BCUT2D eigenvalue weighted by Gasteiger charge is -2.37. The van der Waals surface area contributed by atoms with Crippen molar-refractivity contribution in [3.05, 3.63) is 63.8 Å². The van der Waals surface area contributed by atoms with Gasteiger partial charge in [0.05, 0.1) is 11.3 Å². The Morgan fingerprint density at radius 1 is 1.14 bits per heavy atom. The Morgan fingerprint density at radius 3 is 2.56 bits per heavy atom. The minimum atomic E-state index is -4.59. The molecule has 2 aliphatic heterocycles. The maximum atomic E-state index is 14.5. The number of aromatic nitrogens is 3. The van der Waals surface area contributed by atoms with Gasteiger partial charge in [-0.2, -0.15) is 17.6 Å². The third-order valence-corrected chi connectivity index (χ3v) is 7.24. The van der Waals surface area contributed by atoms with Gasteiger partial charge in [0.15, 0.2) is 0 Å². The van der Waals surface area contributed by atoms with Gasteiger partial charge in [-0.3, -0.25) is 14.5 Å². The third-order valence-electron chi connectivity index (χ3n) is 7.24. The van der Waals surface area contributed by atoms with Crippen LogP contribution in [0.5, 0.6) is 0 Å². The summed E-state index contributed by atoms with van der Waals surface area (Å²) in [4.78, 5) is 34.9. The molecule has 0 spiro atoms. The molecule has 0 aliphatic carbocycles. The SMILES string of the molecule is CNC(=O)c1ccc(N2CCC(N3CCC(c4cn5ccc(C(F)(F)F)c5c(=O)[nH]4)C3)CC2)c(F)n1. The van der Waals surface area contributed by atoms with Gasteiger partial charge in [-0.1, -0.05) is 0 Å². The van der Waals surface area contributed by atoms with E-state index in [-0.39, 0.29) is 17.7 Å². The number of anilines is 1. The molecule has 2 N–H and O–H groups in total. The van der Waals surface area contributed by atoms with Crippen LogP contribution < -0.4 is 15.8 Å². The molecule has 5 heterocycles. The fourth-order valence-corrected chi connectivity index (χ4v) is 5.37. The summed E-state index contributed by atoms with van der Waals surface area (Å²) in [6.07, 6.45) is 0.675. The van der Waals surface area contributed by atoms with Crippen molar-refractivity contribution in [2.75, 3.05) is 38.1 Å². The molecule has 5 rings (SSSR count). The molecular formula is C24H26F4N6O2. The van der Waals surface area contributed by atoms with E-state index in [9.17, 15) is 27.2 Å². The number of hydrogen-bond donors (Lipinski definition) is 2. The Kier molecular flexibility index (Phi) is 6.23. The second-order valence-electron chi connectivity index (χ2n) is 9.31. The monoisotopic (exact) mass is 506 g/mol. The zero-order valence-electron chi connectivity index (χ0n) is 19.6. The van der Waals surface area contributed by atoms with Crippen molar-refractivity contribution < 1.29 is 22.4 Å². The molecule has 36 heavy (non-hydrogen) atoms. The smallest absolute Gasteiger partial charge is 0.368 e. The number of halogens is 4. The molecule has 192 valence electrons. The summed E-state index contributed by atoms with van der Waals surface area (Å²) in [6, 6.07) is 4.30.